The molecular weight excluding hydrogens is 388 g/mol. The molecule has 1 aliphatic heterocycles. The molecule has 4 rings (SSSR count). The topological polar surface area (TPSA) is 71.3 Å². The second-order valence-corrected chi connectivity index (χ2v) is 8.16. The second-order valence-electron chi connectivity index (χ2n) is 8.16. The van der Waals surface area contributed by atoms with Crippen LogP contribution in [0.15, 0.2) is 59.1 Å². The number of likely N-dealkylation sites (tertiary alicyclic amines) is 1. The van der Waals surface area contributed by atoms with Gasteiger partial charge in [0.2, 0.25) is 17.6 Å². The molecule has 2 aromatic carbocycles. The maximum absolute atomic E-state index is 12.2. The summed E-state index contributed by atoms with van der Waals surface area (Å²) in [5.41, 5.74) is 3.39. The van der Waals surface area contributed by atoms with Crippen molar-refractivity contribution in [3.8, 4) is 11.4 Å². The van der Waals surface area contributed by atoms with Crippen molar-refractivity contribution in [1.29, 1.82) is 0 Å². The van der Waals surface area contributed by atoms with Gasteiger partial charge in [-0.3, -0.25) is 9.69 Å². The van der Waals surface area contributed by atoms with Gasteiger partial charge in [0.05, 0.1) is 0 Å². The molecule has 3 aromatic rings. The van der Waals surface area contributed by atoms with E-state index in [2.05, 4.69) is 44.6 Å². The third-order valence-electron chi connectivity index (χ3n) is 5.66. The summed E-state index contributed by atoms with van der Waals surface area (Å²) in [6.07, 6.45) is 5.69. The Morgan fingerprint density at radius 3 is 2.48 bits per heavy atom. The number of aromatic nitrogens is 2. The lowest BCUT2D eigenvalue weighted by Crippen LogP contribution is -2.29. The first kappa shape index (κ1) is 21.2. The molecule has 1 N–H and O–H groups in total. The molecule has 6 nitrogen and oxygen atoms in total. The quantitative estimate of drug-likeness (QED) is 0.559. The zero-order valence-electron chi connectivity index (χ0n) is 17.9. The molecule has 31 heavy (non-hydrogen) atoms. The Bertz CT molecular complexity index is 947. The molecule has 0 bridgehead atoms. The smallest absolute Gasteiger partial charge is 0.226 e. The monoisotopic (exact) mass is 418 g/mol. The van der Waals surface area contributed by atoms with Crippen LogP contribution in [0.4, 0.5) is 0 Å². The van der Waals surface area contributed by atoms with Crippen LogP contribution in [0.3, 0.4) is 0 Å². The maximum atomic E-state index is 12.2. The summed E-state index contributed by atoms with van der Waals surface area (Å²) >= 11 is 0. The highest BCUT2D eigenvalue weighted by molar-refractivity contribution is 5.75. The van der Waals surface area contributed by atoms with Crippen LogP contribution >= 0.6 is 0 Å². The normalized spacial score (nSPS) is 14.5. The van der Waals surface area contributed by atoms with E-state index >= 15 is 0 Å². The number of aryl methyl sites for hydroxylation is 1. The van der Waals surface area contributed by atoms with Gasteiger partial charge >= 0.3 is 0 Å². The molecular formula is C25H30N4O2. The van der Waals surface area contributed by atoms with Crippen molar-refractivity contribution in [3.05, 3.63) is 71.6 Å². The molecule has 1 saturated heterocycles. The van der Waals surface area contributed by atoms with Crippen LogP contribution in [0.2, 0.25) is 0 Å². The fourth-order valence-corrected chi connectivity index (χ4v) is 3.89. The molecule has 0 aliphatic carbocycles. The van der Waals surface area contributed by atoms with E-state index in [-0.39, 0.29) is 5.91 Å². The van der Waals surface area contributed by atoms with E-state index in [0.29, 0.717) is 37.5 Å². The van der Waals surface area contributed by atoms with Crippen LogP contribution in [-0.4, -0.2) is 34.0 Å². The summed E-state index contributed by atoms with van der Waals surface area (Å²) in [4.78, 5) is 19.1. The van der Waals surface area contributed by atoms with Gasteiger partial charge in [0.15, 0.2) is 0 Å². The van der Waals surface area contributed by atoms with E-state index in [1.807, 2.05) is 30.3 Å². The SMILES string of the molecule is O=C(CCCc1nc(-c2ccccc2)no1)NCc1ccc(CN2CCCCC2)cc1. The fourth-order valence-electron chi connectivity index (χ4n) is 3.89. The Balaban J connectivity index is 1.15. The van der Waals surface area contributed by atoms with E-state index in [4.69, 9.17) is 4.52 Å². The van der Waals surface area contributed by atoms with E-state index in [9.17, 15) is 4.79 Å². The van der Waals surface area contributed by atoms with Crippen LogP contribution in [-0.2, 0) is 24.3 Å². The molecule has 0 unspecified atom stereocenters. The first-order valence-corrected chi connectivity index (χ1v) is 11.2. The summed E-state index contributed by atoms with van der Waals surface area (Å²) in [5, 5.41) is 7.02. The van der Waals surface area contributed by atoms with Crippen LogP contribution in [0.5, 0.6) is 0 Å². The van der Waals surface area contributed by atoms with Crippen molar-refractivity contribution in [2.45, 2.75) is 51.6 Å². The molecule has 0 saturated carbocycles. The van der Waals surface area contributed by atoms with Gasteiger partial charge < -0.3 is 9.84 Å². The fraction of sp³-hybridized carbons (Fsp3) is 0.400. The Morgan fingerprint density at radius 1 is 0.968 bits per heavy atom. The Labute approximate surface area is 183 Å². The van der Waals surface area contributed by atoms with E-state index in [1.54, 1.807) is 0 Å². The Hall–Kier alpha value is -2.99. The lowest BCUT2D eigenvalue weighted by molar-refractivity contribution is -0.121. The zero-order valence-corrected chi connectivity index (χ0v) is 17.9. The highest BCUT2D eigenvalue weighted by Crippen LogP contribution is 2.16. The molecule has 2 heterocycles. The predicted octanol–water partition coefficient (Wildman–Crippen LogP) is 4.36. The molecule has 0 atom stereocenters. The van der Waals surface area contributed by atoms with Crippen molar-refractivity contribution in [2.75, 3.05) is 13.1 Å². The van der Waals surface area contributed by atoms with Gasteiger partial charge in [0.25, 0.3) is 0 Å². The highest BCUT2D eigenvalue weighted by Gasteiger charge is 2.11. The van der Waals surface area contributed by atoms with Crippen LogP contribution in [0.1, 0.15) is 49.1 Å². The third-order valence-corrected chi connectivity index (χ3v) is 5.66. The average molecular weight is 419 g/mol. The summed E-state index contributed by atoms with van der Waals surface area (Å²) in [6.45, 7) is 3.99. The Morgan fingerprint density at radius 2 is 1.71 bits per heavy atom. The number of carbonyl (C=O) groups excluding carboxylic acids is 1. The van der Waals surface area contributed by atoms with Crippen molar-refractivity contribution < 1.29 is 9.32 Å². The third kappa shape index (κ3) is 6.49. The summed E-state index contributed by atoms with van der Waals surface area (Å²) < 4.78 is 5.30. The molecule has 6 heteroatoms. The van der Waals surface area contributed by atoms with Gasteiger partial charge in [0.1, 0.15) is 0 Å². The Kier molecular flexibility index (Phi) is 7.45. The van der Waals surface area contributed by atoms with Gasteiger partial charge in [-0.15, -0.1) is 0 Å². The van der Waals surface area contributed by atoms with Crippen molar-refractivity contribution in [3.63, 3.8) is 0 Å². The molecule has 0 radical (unpaired) electrons. The number of nitrogens with one attached hydrogen (secondary N) is 1. The number of benzene rings is 2. The van der Waals surface area contributed by atoms with Crippen LogP contribution in [0.25, 0.3) is 11.4 Å². The summed E-state index contributed by atoms with van der Waals surface area (Å²) in [5.74, 6) is 1.19. The number of carbonyl (C=O) groups is 1. The molecule has 0 spiro atoms. The standard InChI is InChI=1S/C25H30N4O2/c30-23(10-7-11-24-27-25(28-31-24)22-8-3-1-4-9-22)26-18-20-12-14-21(15-13-20)19-29-16-5-2-6-17-29/h1,3-4,8-9,12-15H,2,5-7,10-11,16-19H2,(H,26,30). The van der Waals surface area contributed by atoms with Gasteiger partial charge in [-0.2, -0.15) is 4.98 Å². The highest BCUT2D eigenvalue weighted by atomic mass is 16.5. The molecule has 1 fully saturated rings. The molecule has 1 amide bonds. The van der Waals surface area contributed by atoms with Crippen LogP contribution < -0.4 is 5.32 Å². The zero-order chi connectivity index (χ0) is 21.3. The lowest BCUT2D eigenvalue weighted by atomic mass is 10.1. The van der Waals surface area contributed by atoms with Crippen molar-refractivity contribution in [2.24, 2.45) is 0 Å². The molecule has 162 valence electrons. The van der Waals surface area contributed by atoms with Gasteiger partial charge in [-0.25, -0.2) is 0 Å². The predicted molar refractivity (Wildman–Crippen MR) is 120 cm³/mol. The average Bonchev–Trinajstić information content (AvgIpc) is 3.29. The van der Waals surface area contributed by atoms with Crippen molar-refractivity contribution in [1.82, 2.24) is 20.4 Å². The minimum absolute atomic E-state index is 0.0418. The summed E-state index contributed by atoms with van der Waals surface area (Å²) in [7, 11) is 0. The second kappa shape index (κ2) is 10.9. The first-order valence-electron chi connectivity index (χ1n) is 11.2. The number of nitrogens with zero attached hydrogens (tertiary/aromatic N) is 3. The number of hydrogen-bond acceptors (Lipinski definition) is 5. The number of hydrogen-bond donors (Lipinski definition) is 1. The summed E-state index contributed by atoms with van der Waals surface area (Å²) in [6, 6.07) is 18.3. The van der Waals surface area contributed by atoms with Gasteiger partial charge in [-0.1, -0.05) is 66.2 Å². The minimum atomic E-state index is 0.0418. The van der Waals surface area contributed by atoms with Crippen molar-refractivity contribution >= 4 is 5.91 Å². The van der Waals surface area contributed by atoms with Crippen LogP contribution in [0, 0.1) is 0 Å². The minimum Gasteiger partial charge on any atom is -0.352 e. The van der Waals surface area contributed by atoms with E-state index in [1.165, 1.54) is 37.9 Å². The molecule has 1 aliphatic rings. The molecule has 1 aromatic heterocycles. The maximum Gasteiger partial charge on any atom is 0.226 e. The number of piperidine rings is 1. The van der Waals surface area contributed by atoms with E-state index in [0.717, 1.165) is 17.7 Å². The number of rotatable bonds is 9. The van der Waals surface area contributed by atoms with Gasteiger partial charge in [0, 0.05) is 31.5 Å². The first-order chi connectivity index (χ1) is 15.3. The largest absolute Gasteiger partial charge is 0.352 e. The van der Waals surface area contributed by atoms with Gasteiger partial charge in [-0.05, 0) is 43.5 Å². The van der Waals surface area contributed by atoms with E-state index < -0.39 is 0 Å². The lowest BCUT2D eigenvalue weighted by Gasteiger charge is -2.26. The number of amides is 1.